The first-order chi connectivity index (χ1) is 10.6. The van der Waals surface area contributed by atoms with Crippen LogP contribution in [0, 0.1) is 0 Å². The van der Waals surface area contributed by atoms with Crippen LogP contribution in [0.1, 0.15) is 12.5 Å². The fourth-order valence-electron chi connectivity index (χ4n) is 2.66. The topological polar surface area (TPSA) is 61.4 Å². The van der Waals surface area contributed by atoms with Gasteiger partial charge in [0.1, 0.15) is 0 Å². The zero-order valence-corrected chi connectivity index (χ0v) is 12.5. The zero-order valence-electron chi connectivity index (χ0n) is 12.5. The number of hydrogen-bond acceptors (Lipinski definition) is 2. The Bertz CT molecular complexity index is 708. The Morgan fingerprint density at radius 1 is 1.14 bits per heavy atom. The highest BCUT2D eigenvalue weighted by atomic mass is 16.2. The summed E-state index contributed by atoms with van der Waals surface area (Å²) in [6.07, 6.45) is 0. The van der Waals surface area contributed by atoms with Gasteiger partial charge in [0.15, 0.2) is 0 Å². The molecule has 1 saturated heterocycles. The largest absolute Gasteiger partial charge is 0.350 e. The Morgan fingerprint density at radius 3 is 2.59 bits per heavy atom. The number of benzene rings is 2. The summed E-state index contributed by atoms with van der Waals surface area (Å²) in [6, 6.07) is 14.3. The van der Waals surface area contributed by atoms with Crippen LogP contribution in [-0.4, -0.2) is 36.0 Å². The molecule has 0 radical (unpaired) electrons. The van der Waals surface area contributed by atoms with Crippen LogP contribution in [-0.2, 0) is 11.3 Å². The lowest BCUT2D eigenvalue weighted by Gasteiger charge is -2.39. The average molecular weight is 297 g/mol. The first-order valence-electron chi connectivity index (χ1n) is 7.39. The van der Waals surface area contributed by atoms with Crippen LogP contribution in [0.25, 0.3) is 10.8 Å². The van der Waals surface area contributed by atoms with Gasteiger partial charge in [-0.3, -0.25) is 4.79 Å². The van der Waals surface area contributed by atoms with Crippen molar-refractivity contribution in [1.82, 2.24) is 15.5 Å². The lowest BCUT2D eigenvalue weighted by Crippen LogP contribution is -2.62. The maximum atomic E-state index is 12.0. The van der Waals surface area contributed by atoms with Gasteiger partial charge in [-0.2, -0.15) is 0 Å². The van der Waals surface area contributed by atoms with Crippen molar-refractivity contribution in [2.45, 2.75) is 19.5 Å². The summed E-state index contributed by atoms with van der Waals surface area (Å²) in [5, 5.41) is 8.07. The number of nitrogens with one attached hydrogen (secondary N) is 2. The lowest BCUT2D eigenvalue weighted by molar-refractivity contribution is -0.120. The Morgan fingerprint density at radius 2 is 1.86 bits per heavy atom. The van der Waals surface area contributed by atoms with Crippen molar-refractivity contribution in [3.63, 3.8) is 0 Å². The van der Waals surface area contributed by atoms with E-state index in [-0.39, 0.29) is 18.0 Å². The number of amides is 3. The van der Waals surface area contributed by atoms with Gasteiger partial charge in [0.2, 0.25) is 5.91 Å². The highest BCUT2D eigenvalue weighted by Gasteiger charge is 2.30. The van der Waals surface area contributed by atoms with E-state index in [1.54, 1.807) is 4.90 Å². The van der Waals surface area contributed by atoms with Gasteiger partial charge in [0, 0.05) is 26.6 Å². The van der Waals surface area contributed by atoms with Crippen LogP contribution in [0.15, 0.2) is 42.5 Å². The number of rotatable bonds is 3. The summed E-state index contributed by atoms with van der Waals surface area (Å²) in [5.41, 5.74) is 1.07. The van der Waals surface area contributed by atoms with Gasteiger partial charge in [-0.25, -0.2) is 4.79 Å². The van der Waals surface area contributed by atoms with Crippen molar-refractivity contribution in [2.24, 2.45) is 0 Å². The van der Waals surface area contributed by atoms with E-state index in [1.807, 2.05) is 18.2 Å². The maximum Gasteiger partial charge on any atom is 0.317 e. The fraction of sp³-hybridized carbons (Fsp3) is 0.294. The monoisotopic (exact) mass is 297 g/mol. The fourth-order valence-corrected chi connectivity index (χ4v) is 2.66. The lowest BCUT2D eigenvalue weighted by atomic mass is 10.1. The van der Waals surface area contributed by atoms with Crippen molar-refractivity contribution in [2.75, 3.05) is 13.1 Å². The van der Waals surface area contributed by atoms with Crippen LogP contribution in [0.2, 0.25) is 0 Å². The van der Waals surface area contributed by atoms with Crippen LogP contribution >= 0.6 is 0 Å². The van der Waals surface area contributed by atoms with Crippen molar-refractivity contribution >= 4 is 22.7 Å². The Labute approximate surface area is 129 Å². The Hall–Kier alpha value is -2.56. The van der Waals surface area contributed by atoms with Crippen molar-refractivity contribution < 1.29 is 9.59 Å². The highest BCUT2D eigenvalue weighted by Crippen LogP contribution is 2.15. The Balaban J connectivity index is 1.51. The Kier molecular flexibility index (Phi) is 3.96. The van der Waals surface area contributed by atoms with Gasteiger partial charge in [-0.1, -0.05) is 36.4 Å². The summed E-state index contributed by atoms with van der Waals surface area (Å²) < 4.78 is 0. The maximum absolute atomic E-state index is 12.0. The van der Waals surface area contributed by atoms with Gasteiger partial charge in [-0.05, 0) is 22.4 Å². The third-order valence-corrected chi connectivity index (χ3v) is 3.83. The molecule has 5 nitrogen and oxygen atoms in total. The van der Waals surface area contributed by atoms with E-state index in [9.17, 15) is 9.59 Å². The van der Waals surface area contributed by atoms with E-state index in [1.165, 1.54) is 17.7 Å². The molecular formula is C17H19N3O2. The number of hydrogen-bond donors (Lipinski definition) is 2. The molecule has 0 atom stereocenters. The molecule has 2 aromatic carbocycles. The number of carbonyl (C=O) groups excluding carboxylic acids is 2. The van der Waals surface area contributed by atoms with E-state index < -0.39 is 0 Å². The second-order valence-electron chi connectivity index (χ2n) is 5.64. The first-order valence-corrected chi connectivity index (χ1v) is 7.39. The molecule has 0 aromatic heterocycles. The van der Waals surface area contributed by atoms with Crippen molar-refractivity contribution in [3.05, 3.63) is 48.0 Å². The third kappa shape index (κ3) is 3.19. The summed E-state index contributed by atoms with van der Waals surface area (Å²) in [5.74, 6) is -0.0544. The predicted molar refractivity (Wildman–Crippen MR) is 85.4 cm³/mol. The van der Waals surface area contributed by atoms with E-state index in [2.05, 4.69) is 34.9 Å². The molecule has 1 heterocycles. The molecule has 1 aliphatic rings. The number of fused-ring (bicyclic) bond motifs is 1. The summed E-state index contributed by atoms with van der Waals surface area (Å²) in [6.45, 7) is 3.14. The molecule has 1 fully saturated rings. The second-order valence-corrected chi connectivity index (χ2v) is 5.64. The van der Waals surface area contributed by atoms with E-state index >= 15 is 0 Å². The minimum atomic E-state index is -0.0882. The molecule has 0 saturated carbocycles. The number of likely N-dealkylation sites (tertiary alicyclic amines) is 1. The quantitative estimate of drug-likeness (QED) is 0.908. The average Bonchev–Trinajstić information content (AvgIpc) is 2.47. The highest BCUT2D eigenvalue weighted by molar-refractivity contribution is 5.83. The van der Waals surface area contributed by atoms with Gasteiger partial charge in [0.05, 0.1) is 6.04 Å². The molecule has 2 aromatic rings. The molecule has 0 aliphatic carbocycles. The van der Waals surface area contributed by atoms with E-state index in [0.29, 0.717) is 19.6 Å². The van der Waals surface area contributed by atoms with Crippen LogP contribution in [0.5, 0.6) is 0 Å². The standard InChI is InChI=1S/C17H19N3O2/c1-12(21)19-16-10-20(11-16)17(22)18-9-13-6-7-14-4-2-3-5-15(14)8-13/h2-8,16H,9-11H2,1H3,(H,18,22)(H,19,21). The zero-order chi connectivity index (χ0) is 15.5. The molecule has 0 spiro atoms. The molecule has 0 unspecified atom stereocenters. The minimum absolute atomic E-state index is 0.0544. The molecule has 22 heavy (non-hydrogen) atoms. The number of nitrogens with zero attached hydrogens (tertiary/aromatic N) is 1. The summed E-state index contributed by atoms with van der Waals surface area (Å²) in [7, 11) is 0. The summed E-state index contributed by atoms with van der Waals surface area (Å²) >= 11 is 0. The third-order valence-electron chi connectivity index (χ3n) is 3.83. The normalized spacial score (nSPS) is 14.5. The second kappa shape index (κ2) is 6.05. The smallest absolute Gasteiger partial charge is 0.317 e. The van der Waals surface area contributed by atoms with Gasteiger partial charge < -0.3 is 15.5 Å². The van der Waals surface area contributed by atoms with Crippen LogP contribution in [0.4, 0.5) is 4.79 Å². The molecule has 2 N–H and O–H groups in total. The predicted octanol–water partition coefficient (Wildman–Crippen LogP) is 1.87. The van der Waals surface area contributed by atoms with Crippen LogP contribution in [0.3, 0.4) is 0 Å². The molecule has 3 amide bonds. The van der Waals surface area contributed by atoms with E-state index in [4.69, 9.17) is 0 Å². The molecule has 0 bridgehead atoms. The van der Waals surface area contributed by atoms with Crippen molar-refractivity contribution in [1.29, 1.82) is 0 Å². The minimum Gasteiger partial charge on any atom is -0.350 e. The first kappa shape index (κ1) is 14.4. The molecule has 114 valence electrons. The van der Waals surface area contributed by atoms with Crippen molar-refractivity contribution in [3.8, 4) is 0 Å². The van der Waals surface area contributed by atoms with E-state index in [0.717, 1.165) is 5.56 Å². The SMILES string of the molecule is CC(=O)NC1CN(C(=O)NCc2ccc3ccccc3c2)C1. The number of urea groups is 1. The number of carbonyl (C=O) groups is 2. The van der Waals surface area contributed by atoms with Gasteiger partial charge >= 0.3 is 6.03 Å². The molecule has 3 rings (SSSR count). The summed E-state index contributed by atoms with van der Waals surface area (Å²) in [4.78, 5) is 24.6. The van der Waals surface area contributed by atoms with Gasteiger partial charge in [0.25, 0.3) is 0 Å². The molecular weight excluding hydrogens is 278 g/mol. The van der Waals surface area contributed by atoms with Crippen LogP contribution < -0.4 is 10.6 Å². The molecule has 5 heteroatoms. The van der Waals surface area contributed by atoms with Gasteiger partial charge in [-0.15, -0.1) is 0 Å². The molecule has 1 aliphatic heterocycles.